The number of rotatable bonds is 17. The van der Waals surface area contributed by atoms with Gasteiger partial charge in [0.05, 0.1) is 33.5 Å². The Kier molecular flexibility index (Phi) is 11.9. The average molecular weight is 778 g/mol. The largest absolute Gasteiger partial charge is 0.444 e. The molecule has 0 aliphatic carbocycles. The van der Waals surface area contributed by atoms with Gasteiger partial charge in [0.2, 0.25) is 24.2 Å². The number of nitrogens with one attached hydrogen (secondary N) is 3. The molecule has 6 rings (SSSR count). The first-order valence-electron chi connectivity index (χ1n) is 19.0. The van der Waals surface area contributed by atoms with Crippen molar-refractivity contribution in [2.75, 3.05) is 28.6 Å². The first-order chi connectivity index (χ1) is 27.3. The summed E-state index contributed by atoms with van der Waals surface area (Å²) in [7, 11) is 0. The predicted octanol–water partition coefficient (Wildman–Crippen LogP) is 6.16. The molecule has 300 valence electrons. The van der Waals surface area contributed by atoms with Gasteiger partial charge in [-0.1, -0.05) is 12.2 Å². The monoisotopic (exact) mass is 777 g/mol. The lowest BCUT2D eigenvalue weighted by atomic mass is 10.2. The second-order valence-electron chi connectivity index (χ2n) is 14.6. The molecule has 5 N–H and O–H groups in total. The molecule has 4 heterocycles. The number of hydrogen-bond acceptors (Lipinski definition) is 10. The SMILES string of the molecule is CCn1nc(C)cc1Nc1nc2cc(C(N)=O)ccc2n1C/C=C/Cn1c(Nc2cc(C)nn2CC)nc2cc(N(C=O)CCCNC(=O)OC(C)(C)C)ccc21. The van der Waals surface area contributed by atoms with Gasteiger partial charge in [0.15, 0.2) is 0 Å². The molecule has 0 fully saturated rings. The van der Waals surface area contributed by atoms with E-state index in [1.54, 1.807) is 17.0 Å². The van der Waals surface area contributed by atoms with Crippen LogP contribution in [0.3, 0.4) is 0 Å². The van der Waals surface area contributed by atoms with Crippen molar-refractivity contribution in [3.8, 4) is 0 Å². The highest BCUT2D eigenvalue weighted by molar-refractivity contribution is 5.96. The number of aryl methyl sites for hydroxylation is 4. The number of carbonyl (C=O) groups is 3. The molecule has 0 saturated carbocycles. The Morgan fingerprint density at radius 3 is 1.88 bits per heavy atom. The summed E-state index contributed by atoms with van der Waals surface area (Å²) in [5.74, 6) is 2.29. The molecular weight excluding hydrogens is 727 g/mol. The highest BCUT2D eigenvalue weighted by atomic mass is 16.6. The zero-order chi connectivity index (χ0) is 40.9. The van der Waals surface area contributed by atoms with Crippen LogP contribution in [0.4, 0.5) is 34.0 Å². The van der Waals surface area contributed by atoms with Gasteiger partial charge >= 0.3 is 6.09 Å². The van der Waals surface area contributed by atoms with E-state index < -0.39 is 17.6 Å². The maximum Gasteiger partial charge on any atom is 0.407 e. The Hall–Kier alpha value is -6.65. The van der Waals surface area contributed by atoms with Crippen LogP contribution in [-0.4, -0.2) is 75.8 Å². The number of aromatic nitrogens is 8. The number of imidazole rings is 2. The second kappa shape index (κ2) is 17.0. The number of alkyl carbamates (subject to hydrolysis) is 1. The van der Waals surface area contributed by atoms with Crippen LogP contribution in [0.1, 0.15) is 62.8 Å². The predicted molar refractivity (Wildman–Crippen MR) is 221 cm³/mol. The molecular formula is C40H51N13O4. The highest BCUT2D eigenvalue weighted by Crippen LogP contribution is 2.28. The zero-order valence-corrected chi connectivity index (χ0v) is 33.5. The van der Waals surface area contributed by atoms with Crippen LogP contribution < -0.4 is 26.6 Å². The number of nitrogens with zero attached hydrogens (tertiary/aromatic N) is 9. The minimum atomic E-state index is -0.593. The molecule has 57 heavy (non-hydrogen) atoms. The van der Waals surface area contributed by atoms with Crippen LogP contribution in [-0.2, 0) is 35.7 Å². The Morgan fingerprint density at radius 2 is 1.37 bits per heavy atom. The molecule has 4 aromatic heterocycles. The molecule has 0 unspecified atom stereocenters. The number of benzene rings is 2. The van der Waals surface area contributed by atoms with E-state index in [0.717, 1.165) is 40.5 Å². The van der Waals surface area contributed by atoms with Crippen LogP contribution in [0.15, 0.2) is 60.7 Å². The van der Waals surface area contributed by atoms with Gasteiger partial charge in [-0.25, -0.2) is 24.1 Å². The van der Waals surface area contributed by atoms with Gasteiger partial charge < -0.3 is 40.5 Å². The van der Waals surface area contributed by atoms with Crippen molar-refractivity contribution in [1.29, 1.82) is 0 Å². The van der Waals surface area contributed by atoms with Crippen molar-refractivity contribution < 1.29 is 19.1 Å². The van der Waals surface area contributed by atoms with Gasteiger partial charge in [-0.3, -0.25) is 9.59 Å². The lowest BCUT2D eigenvalue weighted by molar-refractivity contribution is -0.107. The normalized spacial score (nSPS) is 11.8. The maximum atomic E-state index is 12.2. The minimum Gasteiger partial charge on any atom is -0.444 e. The number of allylic oxidation sites excluding steroid dienone is 2. The lowest BCUT2D eigenvalue weighted by Gasteiger charge is -2.20. The van der Waals surface area contributed by atoms with Crippen LogP contribution >= 0.6 is 0 Å². The van der Waals surface area contributed by atoms with Gasteiger partial charge in [-0.2, -0.15) is 10.2 Å². The van der Waals surface area contributed by atoms with E-state index in [4.69, 9.17) is 20.4 Å². The van der Waals surface area contributed by atoms with Crippen molar-refractivity contribution in [2.45, 2.75) is 86.7 Å². The third-order valence-electron chi connectivity index (χ3n) is 9.09. The Bertz CT molecular complexity index is 2430. The van der Waals surface area contributed by atoms with Crippen molar-refractivity contribution in [3.63, 3.8) is 0 Å². The van der Waals surface area contributed by atoms with Gasteiger partial charge in [0, 0.05) is 62.7 Å². The molecule has 17 heteroatoms. The fourth-order valence-corrected chi connectivity index (χ4v) is 6.50. The summed E-state index contributed by atoms with van der Waals surface area (Å²) < 4.78 is 13.2. The van der Waals surface area contributed by atoms with Gasteiger partial charge in [0.1, 0.15) is 17.2 Å². The molecule has 2 aromatic carbocycles. The lowest BCUT2D eigenvalue weighted by Crippen LogP contribution is -2.34. The molecule has 0 atom stereocenters. The number of ether oxygens (including phenoxy) is 1. The maximum absolute atomic E-state index is 12.2. The molecule has 0 aliphatic rings. The molecule has 0 saturated heterocycles. The first-order valence-corrected chi connectivity index (χ1v) is 19.0. The summed E-state index contributed by atoms with van der Waals surface area (Å²) in [4.78, 5) is 47.7. The van der Waals surface area contributed by atoms with E-state index in [2.05, 4.69) is 42.9 Å². The molecule has 0 radical (unpaired) electrons. The third-order valence-corrected chi connectivity index (χ3v) is 9.09. The summed E-state index contributed by atoms with van der Waals surface area (Å²) >= 11 is 0. The van der Waals surface area contributed by atoms with Crippen LogP contribution in [0, 0.1) is 13.8 Å². The van der Waals surface area contributed by atoms with E-state index in [1.807, 2.05) is 98.8 Å². The quantitative estimate of drug-likeness (QED) is 0.0473. The van der Waals surface area contributed by atoms with E-state index in [-0.39, 0.29) is 0 Å². The molecule has 17 nitrogen and oxygen atoms in total. The van der Waals surface area contributed by atoms with Gasteiger partial charge in [-0.05, 0) is 91.3 Å². The number of anilines is 5. The molecule has 6 aromatic rings. The van der Waals surface area contributed by atoms with Crippen molar-refractivity contribution in [3.05, 3.63) is 77.6 Å². The number of hydrogen-bond donors (Lipinski definition) is 4. The average Bonchev–Trinajstić information content (AvgIpc) is 3.90. The number of fused-ring (bicyclic) bond motifs is 2. The molecule has 0 aliphatic heterocycles. The van der Waals surface area contributed by atoms with Gasteiger partial charge in [-0.15, -0.1) is 0 Å². The summed E-state index contributed by atoms with van der Waals surface area (Å²) in [6.45, 7) is 16.4. The summed E-state index contributed by atoms with van der Waals surface area (Å²) in [6, 6.07) is 14.9. The van der Waals surface area contributed by atoms with E-state index >= 15 is 0 Å². The van der Waals surface area contributed by atoms with Crippen molar-refractivity contribution in [1.82, 2.24) is 44.0 Å². The highest BCUT2D eigenvalue weighted by Gasteiger charge is 2.18. The Morgan fingerprint density at radius 1 is 0.825 bits per heavy atom. The minimum absolute atomic E-state index is 0.352. The van der Waals surface area contributed by atoms with E-state index in [1.165, 1.54) is 0 Å². The number of primary amides is 1. The van der Waals surface area contributed by atoms with E-state index in [9.17, 15) is 14.4 Å². The standard InChI is InChI=1S/C40H51N13O4/c1-8-52-34(21-26(3)47-52)45-37-43-30-23-28(36(41)55)13-15-32(30)50(37)19-10-11-20-51-33-16-14-29(49(25-54)18-12-17-42-39(56)57-40(5,6)7)24-31(33)44-38(51)46-35-22-27(4)48-53(35)9-2/h10-11,13-16,21-25H,8-9,12,17-20H2,1-7H3,(H2,41,55)(H,42,56)(H,43,45)(H,44,46)/b11-10+. The number of nitrogens with two attached hydrogens (primary N) is 1. The molecule has 3 amide bonds. The topological polar surface area (TPSA) is 197 Å². The Balaban J connectivity index is 1.27. The van der Waals surface area contributed by atoms with Gasteiger partial charge in [0.25, 0.3) is 0 Å². The van der Waals surface area contributed by atoms with Crippen molar-refractivity contribution >= 4 is 69.7 Å². The summed E-state index contributed by atoms with van der Waals surface area (Å²) in [5, 5.41) is 18.8. The molecule has 0 spiro atoms. The first kappa shape index (κ1) is 40.0. The fourth-order valence-electron chi connectivity index (χ4n) is 6.50. The summed E-state index contributed by atoms with van der Waals surface area (Å²) in [6.07, 6.45) is 4.93. The number of amides is 3. The molecule has 0 bridgehead atoms. The third kappa shape index (κ3) is 9.42. The number of carbonyl (C=O) groups excluding carboxylic acids is 3. The van der Waals surface area contributed by atoms with Crippen LogP contribution in [0.2, 0.25) is 0 Å². The second-order valence-corrected chi connectivity index (χ2v) is 14.6. The fraction of sp³-hybridized carbons (Fsp3) is 0.375. The van der Waals surface area contributed by atoms with Crippen LogP contribution in [0.5, 0.6) is 0 Å². The Labute approximate surface area is 330 Å². The smallest absolute Gasteiger partial charge is 0.407 e. The van der Waals surface area contributed by atoms with Crippen molar-refractivity contribution in [2.24, 2.45) is 5.73 Å². The van der Waals surface area contributed by atoms with E-state index in [0.29, 0.717) is 79.9 Å². The summed E-state index contributed by atoms with van der Waals surface area (Å²) in [5.41, 5.74) is 10.8. The van der Waals surface area contributed by atoms with Crippen LogP contribution in [0.25, 0.3) is 22.1 Å². The zero-order valence-electron chi connectivity index (χ0n) is 33.5.